The van der Waals surface area contributed by atoms with Gasteiger partial charge in [-0.15, -0.1) is 26.3 Å². The lowest BCUT2D eigenvalue weighted by Crippen LogP contribution is -2.25. The first-order chi connectivity index (χ1) is 54.6. The zero-order valence-corrected chi connectivity index (χ0v) is 70.2. The largest absolute Gasteiger partial charge is 0.462 e. The quantitative estimate of drug-likeness (QED) is 0.0205. The number of hydrogen-bond donors (Lipinski definition) is 0. The van der Waals surface area contributed by atoms with Crippen LogP contribution in [-0.2, 0) is 18.3 Å². The third-order valence-electron chi connectivity index (χ3n) is 23.7. The molecule has 0 saturated carbocycles. The van der Waals surface area contributed by atoms with Crippen LogP contribution in [0.5, 0.6) is 46.0 Å². The highest BCUT2D eigenvalue weighted by Crippen LogP contribution is 2.68. The summed E-state index contributed by atoms with van der Waals surface area (Å²) in [6.07, 6.45) is 38.6. The van der Waals surface area contributed by atoms with E-state index >= 15 is 18.3 Å². The molecular formula is C96H116O12P4. The van der Waals surface area contributed by atoms with Crippen molar-refractivity contribution < 1.29 is 54.5 Å². The van der Waals surface area contributed by atoms with Crippen LogP contribution in [0.4, 0.5) is 0 Å². The van der Waals surface area contributed by atoms with Crippen LogP contribution < -0.4 is 57.4 Å². The summed E-state index contributed by atoms with van der Waals surface area (Å²) in [6.45, 7) is 23.9. The van der Waals surface area contributed by atoms with Crippen molar-refractivity contribution in [1.29, 1.82) is 0 Å². The Morgan fingerprint density at radius 3 is 0.554 bits per heavy atom. The highest BCUT2D eigenvalue weighted by Gasteiger charge is 2.50. The summed E-state index contributed by atoms with van der Waals surface area (Å²) in [7, 11) is -18.4. The summed E-state index contributed by atoms with van der Waals surface area (Å²) in [5.41, 5.74) is 8.34. The van der Waals surface area contributed by atoms with Crippen LogP contribution in [-0.4, -0.2) is 0 Å². The molecule has 8 aromatic carbocycles. The molecule has 0 N–H and O–H groups in total. The Balaban J connectivity index is 1.18. The Hall–Kier alpha value is -7.96. The van der Waals surface area contributed by atoms with Gasteiger partial charge >= 0.3 is 30.4 Å². The second kappa shape index (κ2) is 38.0. The Morgan fingerprint density at radius 2 is 0.393 bits per heavy atom. The zero-order chi connectivity index (χ0) is 78.2. The normalized spacial score (nSPS) is 21.4. The van der Waals surface area contributed by atoms with E-state index in [4.69, 9.17) is 36.2 Å². The molecule has 112 heavy (non-hydrogen) atoms. The Morgan fingerprint density at radius 1 is 0.241 bits per heavy atom. The first-order valence-electron chi connectivity index (χ1n) is 41.9. The van der Waals surface area contributed by atoms with Crippen LogP contribution in [0.2, 0.25) is 0 Å². The fraction of sp³-hybridized carbons (Fsp3) is 0.417. The fourth-order valence-electron chi connectivity index (χ4n) is 17.6. The van der Waals surface area contributed by atoms with Crippen molar-refractivity contribution in [3.8, 4) is 46.0 Å². The van der Waals surface area contributed by atoms with Gasteiger partial charge in [0.2, 0.25) is 0 Å². The van der Waals surface area contributed by atoms with Crippen LogP contribution in [0, 0.1) is 27.7 Å². The molecule has 4 aliphatic heterocycles. The number of unbranched alkanes of at least 4 members (excludes halogenated alkanes) is 24. The van der Waals surface area contributed by atoms with Crippen LogP contribution in [0.1, 0.15) is 296 Å². The van der Waals surface area contributed by atoms with Gasteiger partial charge in [-0.2, -0.15) is 0 Å². The molecule has 13 rings (SSSR count). The molecule has 592 valence electrons. The number of allylic oxidation sites excluding steroid dienone is 4. The predicted molar refractivity (Wildman–Crippen MR) is 460 cm³/mol. The minimum absolute atomic E-state index is 0.311. The van der Waals surface area contributed by atoms with Gasteiger partial charge in [-0.1, -0.05) is 226 Å². The molecule has 0 unspecified atom stereocenters. The number of benzene rings is 8. The molecule has 0 aromatic heterocycles. The molecule has 8 aromatic rings. The maximum Gasteiger partial charge on any atom is 0.462 e. The van der Waals surface area contributed by atoms with Gasteiger partial charge in [0.1, 0.15) is 46.0 Å². The summed E-state index contributed by atoms with van der Waals surface area (Å²) in [5, 5.41) is 1.24. The van der Waals surface area contributed by atoms with Gasteiger partial charge in [0, 0.05) is 90.4 Å². The van der Waals surface area contributed by atoms with Crippen molar-refractivity contribution in [2.24, 2.45) is 0 Å². The molecule has 0 spiro atoms. The fourth-order valence-corrected chi connectivity index (χ4v) is 24.6. The number of hydrogen-bond acceptors (Lipinski definition) is 12. The summed E-state index contributed by atoms with van der Waals surface area (Å²) in [4.78, 5) is 0. The molecule has 0 amide bonds. The van der Waals surface area contributed by atoms with E-state index < -0.39 is 54.1 Å². The van der Waals surface area contributed by atoms with E-state index in [-0.39, 0.29) is 0 Å². The van der Waals surface area contributed by atoms with Crippen molar-refractivity contribution >= 4 is 51.6 Å². The Kier molecular flexibility index (Phi) is 27.8. The predicted octanol–water partition coefficient (Wildman–Crippen LogP) is 28.1. The second-order valence-corrected chi connectivity index (χ2v) is 39.1. The summed E-state index contributed by atoms with van der Waals surface area (Å²) in [6, 6.07) is 45.4. The minimum atomic E-state index is -4.60. The lowest BCUT2D eigenvalue weighted by molar-refractivity contribution is 0.365. The van der Waals surface area contributed by atoms with Gasteiger partial charge in [0.15, 0.2) is 0 Å². The van der Waals surface area contributed by atoms with Gasteiger partial charge in [0.25, 0.3) is 0 Å². The standard InChI is InChI=1S/C96H116O12P4/c1-9-13-17-21-25-29-33-49-61-77-81-65-83-78(62-50-34-30-26-22-18-14-10-2)85-67-87-80(64-52-36-32-28-24-20-16-12-4)88-68-86-79(63-51-35-31-27-23-19-15-11-3)84-66-82(77)90-70(6)92(84)104-111(99,75-57-45-39-46-58-75)106-94(86)72(8)96(88)108-112(100,76-59-47-40-48-60-76)107-95(87)71(7)93(85)105-110(98,74-55-43-38-44-56-74)103-91(83)69(5)89(81)101-109(97,102-90)73-53-41-37-42-54-73/h9-12,37-48,53-60,65-68,77-80H,1-4,13-36,49-52,61-64H2,5-8H3. The molecule has 4 heterocycles. The highest BCUT2D eigenvalue weighted by atomic mass is 31.2. The Labute approximate surface area is 667 Å². The molecule has 0 radical (unpaired) electrons. The molecule has 8 bridgehead atoms. The zero-order valence-electron chi connectivity index (χ0n) is 66.6. The topological polar surface area (TPSA) is 142 Å². The average molecular weight is 1590 g/mol. The van der Waals surface area contributed by atoms with Crippen LogP contribution in [0.15, 0.2) is 196 Å². The van der Waals surface area contributed by atoms with Gasteiger partial charge in [-0.25, -0.2) is 18.3 Å². The molecule has 12 nitrogen and oxygen atoms in total. The lowest BCUT2D eigenvalue weighted by Gasteiger charge is -2.39. The van der Waals surface area contributed by atoms with E-state index in [2.05, 4.69) is 50.6 Å². The van der Waals surface area contributed by atoms with Crippen molar-refractivity contribution in [3.63, 3.8) is 0 Å². The van der Waals surface area contributed by atoms with Gasteiger partial charge < -0.3 is 36.2 Å². The van der Waals surface area contributed by atoms with Crippen LogP contribution in [0.3, 0.4) is 0 Å². The third kappa shape index (κ3) is 18.1. The molecule has 1 aliphatic carbocycles. The highest BCUT2D eigenvalue weighted by molar-refractivity contribution is 7.64. The van der Waals surface area contributed by atoms with Crippen LogP contribution >= 0.6 is 30.4 Å². The first kappa shape index (κ1) is 82.0. The van der Waals surface area contributed by atoms with Crippen molar-refractivity contribution in [1.82, 2.24) is 0 Å². The summed E-state index contributed by atoms with van der Waals surface area (Å²) >= 11 is 0. The van der Waals surface area contributed by atoms with E-state index in [9.17, 15) is 0 Å². The smallest absolute Gasteiger partial charge is 0.412 e. The first-order valence-corrected chi connectivity index (χ1v) is 48.0. The average Bonchev–Trinajstić information content (AvgIpc) is 0.706. The van der Waals surface area contributed by atoms with Crippen molar-refractivity contribution in [2.45, 2.75) is 257 Å². The monoisotopic (exact) mass is 1580 g/mol. The van der Waals surface area contributed by atoms with Gasteiger partial charge in [-0.3, -0.25) is 0 Å². The second-order valence-electron chi connectivity index (χ2n) is 31.6. The molecule has 5 aliphatic rings. The molecular weight excluding hydrogens is 1470 g/mol. The van der Waals surface area contributed by atoms with Crippen molar-refractivity contribution in [3.05, 3.63) is 263 Å². The minimum Gasteiger partial charge on any atom is -0.412 e. The molecule has 0 fully saturated rings. The lowest BCUT2D eigenvalue weighted by atomic mass is 9.74. The maximum atomic E-state index is 17.3. The van der Waals surface area contributed by atoms with E-state index in [0.717, 1.165) is 224 Å². The molecule has 0 saturated heterocycles. The molecule has 16 heteroatoms. The van der Waals surface area contributed by atoms with Crippen molar-refractivity contribution in [2.75, 3.05) is 0 Å². The number of rotatable bonds is 40. The van der Waals surface area contributed by atoms with E-state index in [1.54, 1.807) is 48.5 Å². The van der Waals surface area contributed by atoms with E-state index in [1.165, 1.54) is 0 Å². The SMILES string of the molecule is C=CCCCCCCCCC1c2cc3c4c(C)c2OP(=O)(c2ccccc2)Oc2c1cc1c(c2C)OP(=O)(c2ccccc2)Oc2c(cc5c(c2C)OP(=O)(c2ccccc2)Oc2c(cc(c(c2C)OP(=O)(c2ccccc2)O4)C3CCCCCCCCC=C)C5CCCCCCCCC=C)C1CCCCCCCCC=C. The van der Waals surface area contributed by atoms with Gasteiger partial charge in [0.05, 0.1) is 21.2 Å². The van der Waals surface area contributed by atoms with E-state index in [1.807, 2.05) is 125 Å². The Bertz CT molecular complexity index is 4070. The van der Waals surface area contributed by atoms with Gasteiger partial charge in [-0.05, 0) is 178 Å². The molecule has 0 atom stereocenters. The summed E-state index contributed by atoms with van der Waals surface area (Å²) < 4.78 is 129. The van der Waals surface area contributed by atoms with Crippen LogP contribution in [0.25, 0.3) is 0 Å². The van der Waals surface area contributed by atoms with E-state index in [0.29, 0.717) is 115 Å². The third-order valence-corrected chi connectivity index (χ3v) is 30.8. The summed E-state index contributed by atoms with van der Waals surface area (Å²) in [5.74, 6) is 0.522. The maximum absolute atomic E-state index is 17.3.